The van der Waals surface area contributed by atoms with Crippen LogP contribution in [0.4, 0.5) is 11.4 Å². The topological polar surface area (TPSA) is 151 Å². The largest absolute Gasteiger partial charge is 0.322 e. The van der Waals surface area contributed by atoms with Gasteiger partial charge in [0.05, 0.1) is 9.79 Å². The zero-order valence-electron chi connectivity index (χ0n) is 25.8. The molecule has 0 saturated heterocycles. The second-order valence-corrected chi connectivity index (χ2v) is 14.3. The van der Waals surface area contributed by atoms with Crippen LogP contribution in [-0.2, 0) is 32.9 Å². The van der Waals surface area contributed by atoms with Crippen molar-refractivity contribution in [1.29, 1.82) is 0 Å². The zero-order valence-corrected chi connectivity index (χ0v) is 27.4. The van der Waals surface area contributed by atoms with Crippen molar-refractivity contribution in [3.05, 3.63) is 156 Å². The van der Waals surface area contributed by atoms with Gasteiger partial charge < -0.3 is 10.6 Å². The summed E-state index contributed by atoms with van der Waals surface area (Å²) in [5, 5.41) is 5.44. The van der Waals surface area contributed by atoms with Crippen molar-refractivity contribution < 1.29 is 26.4 Å². The van der Waals surface area contributed by atoms with Gasteiger partial charge in [-0.1, -0.05) is 60.7 Å². The Kier molecular flexibility index (Phi) is 11.1. The number of benzene rings is 5. The van der Waals surface area contributed by atoms with Crippen molar-refractivity contribution >= 4 is 43.2 Å². The second-order valence-electron chi connectivity index (χ2n) is 10.8. The molecule has 0 saturated carbocycles. The van der Waals surface area contributed by atoms with Crippen LogP contribution in [0.15, 0.2) is 143 Å². The van der Waals surface area contributed by atoms with Gasteiger partial charge in [-0.15, -0.1) is 0 Å². The fourth-order valence-corrected chi connectivity index (χ4v) is 6.79. The summed E-state index contributed by atoms with van der Waals surface area (Å²) in [6, 6.07) is 36.8. The smallest absolute Gasteiger partial charge is 0.255 e. The van der Waals surface area contributed by atoms with E-state index < -0.39 is 31.9 Å². The number of amides is 2. The molecule has 12 heteroatoms. The first-order chi connectivity index (χ1) is 23.1. The summed E-state index contributed by atoms with van der Waals surface area (Å²) in [7, 11) is -7.43. The average molecular weight is 683 g/mol. The third kappa shape index (κ3) is 9.46. The van der Waals surface area contributed by atoms with E-state index in [9.17, 15) is 26.4 Å². The van der Waals surface area contributed by atoms with Crippen molar-refractivity contribution in [2.75, 3.05) is 23.7 Å². The molecule has 0 radical (unpaired) electrons. The monoisotopic (exact) mass is 682 g/mol. The Morgan fingerprint density at radius 3 is 1.10 bits per heavy atom. The lowest BCUT2D eigenvalue weighted by molar-refractivity contribution is 0.101. The molecule has 246 valence electrons. The molecule has 0 spiro atoms. The molecule has 0 aliphatic rings. The van der Waals surface area contributed by atoms with Crippen LogP contribution < -0.4 is 20.1 Å². The highest BCUT2D eigenvalue weighted by Crippen LogP contribution is 2.18. The SMILES string of the molecule is O=C(Nc1ccc(S(=O)(=O)NCCc2ccccc2)cc1)c1ccc(C(=O)Nc2ccc(S(=O)(=O)NCCc3ccccc3)cc2)cc1. The quantitative estimate of drug-likeness (QED) is 0.126. The van der Waals surface area contributed by atoms with Gasteiger partial charge in [0.2, 0.25) is 20.0 Å². The number of hydrogen-bond acceptors (Lipinski definition) is 6. The number of carbonyl (C=O) groups is 2. The molecule has 4 N–H and O–H groups in total. The van der Waals surface area contributed by atoms with Crippen molar-refractivity contribution in [3.8, 4) is 0 Å². The molecule has 48 heavy (non-hydrogen) atoms. The Balaban J connectivity index is 1.10. The summed E-state index contributed by atoms with van der Waals surface area (Å²) < 4.78 is 55.8. The van der Waals surface area contributed by atoms with E-state index >= 15 is 0 Å². The normalized spacial score (nSPS) is 11.5. The minimum absolute atomic E-state index is 0.0793. The van der Waals surface area contributed by atoms with E-state index in [2.05, 4.69) is 20.1 Å². The molecule has 5 aromatic rings. The van der Waals surface area contributed by atoms with Gasteiger partial charge in [-0.05, 0) is 96.8 Å². The van der Waals surface area contributed by atoms with Gasteiger partial charge in [0.25, 0.3) is 11.8 Å². The summed E-state index contributed by atoms with van der Waals surface area (Å²) in [4.78, 5) is 25.8. The van der Waals surface area contributed by atoms with Gasteiger partial charge in [0.15, 0.2) is 0 Å². The van der Waals surface area contributed by atoms with Crippen LogP contribution in [-0.4, -0.2) is 41.7 Å². The van der Waals surface area contributed by atoms with Crippen LogP contribution in [0.2, 0.25) is 0 Å². The predicted octanol–water partition coefficient (Wildman–Crippen LogP) is 5.23. The van der Waals surface area contributed by atoms with Crippen LogP contribution in [0.25, 0.3) is 0 Å². The fourth-order valence-electron chi connectivity index (χ4n) is 4.73. The maximum Gasteiger partial charge on any atom is 0.255 e. The summed E-state index contributed by atoms with van der Waals surface area (Å²) in [6.07, 6.45) is 1.12. The van der Waals surface area contributed by atoms with Crippen molar-refractivity contribution in [3.63, 3.8) is 0 Å². The van der Waals surface area contributed by atoms with Gasteiger partial charge >= 0.3 is 0 Å². The Morgan fingerprint density at radius 2 is 0.771 bits per heavy atom. The first-order valence-corrected chi connectivity index (χ1v) is 18.1. The minimum Gasteiger partial charge on any atom is -0.322 e. The molecular weight excluding hydrogens is 649 g/mol. The molecule has 0 fully saturated rings. The molecule has 0 aliphatic heterocycles. The van der Waals surface area contributed by atoms with Crippen molar-refractivity contribution in [2.24, 2.45) is 0 Å². The summed E-state index contributed by atoms with van der Waals surface area (Å²) in [6.45, 7) is 0.506. The van der Waals surface area contributed by atoms with Crippen LogP contribution >= 0.6 is 0 Å². The number of sulfonamides is 2. The Hall–Kier alpha value is -5.14. The third-order valence-electron chi connectivity index (χ3n) is 7.35. The van der Waals surface area contributed by atoms with Crippen LogP contribution in [0, 0.1) is 0 Å². The highest BCUT2D eigenvalue weighted by atomic mass is 32.2. The number of carbonyl (C=O) groups excluding carboxylic acids is 2. The minimum atomic E-state index is -3.71. The molecule has 2 amide bonds. The third-order valence-corrected chi connectivity index (χ3v) is 10.3. The lowest BCUT2D eigenvalue weighted by atomic mass is 10.1. The summed E-state index contributed by atoms with van der Waals surface area (Å²) in [5.41, 5.74) is 3.44. The van der Waals surface area contributed by atoms with Gasteiger partial charge in [0, 0.05) is 35.6 Å². The van der Waals surface area contributed by atoms with Gasteiger partial charge in [-0.25, -0.2) is 26.3 Å². The van der Waals surface area contributed by atoms with E-state index in [0.29, 0.717) is 35.3 Å². The molecular formula is C36H34N4O6S2. The van der Waals surface area contributed by atoms with E-state index in [1.165, 1.54) is 72.8 Å². The lowest BCUT2D eigenvalue weighted by Gasteiger charge is -2.10. The molecule has 5 rings (SSSR count). The van der Waals surface area contributed by atoms with E-state index in [4.69, 9.17) is 0 Å². The van der Waals surface area contributed by atoms with Crippen LogP contribution in [0.1, 0.15) is 31.8 Å². The van der Waals surface area contributed by atoms with Crippen molar-refractivity contribution in [1.82, 2.24) is 9.44 Å². The molecule has 0 aliphatic carbocycles. The highest BCUT2D eigenvalue weighted by Gasteiger charge is 2.16. The Morgan fingerprint density at radius 1 is 0.438 bits per heavy atom. The van der Waals surface area contributed by atoms with Gasteiger partial charge in [0.1, 0.15) is 0 Å². The molecule has 0 bridgehead atoms. The van der Waals surface area contributed by atoms with Gasteiger partial charge in [-0.3, -0.25) is 9.59 Å². The average Bonchev–Trinajstić information content (AvgIpc) is 3.09. The van der Waals surface area contributed by atoms with Crippen molar-refractivity contribution in [2.45, 2.75) is 22.6 Å². The van der Waals surface area contributed by atoms with Crippen LogP contribution in [0.3, 0.4) is 0 Å². The van der Waals surface area contributed by atoms with Crippen LogP contribution in [0.5, 0.6) is 0 Å². The first kappa shape index (κ1) is 34.2. The number of hydrogen-bond donors (Lipinski definition) is 4. The zero-order chi connectivity index (χ0) is 34.0. The summed E-state index contributed by atoms with van der Waals surface area (Å²) >= 11 is 0. The molecule has 0 aromatic heterocycles. The Labute approximate surface area is 280 Å². The van der Waals surface area contributed by atoms with E-state index in [0.717, 1.165) is 11.1 Å². The first-order valence-electron chi connectivity index (χ1n) is 15.1. The van der Waals surface area contributed by atoms with E-state index in [1.54, 1.807) is 0 Å². The molecule has 5 aromatic carbocycles. The lowest BCUT2D eigenvalue weighted by Crippen LogP contribution is -2.26. The summed E-state index contributed by atoms with van der Waals surface area (Å²) in [5.74, 6) is -0.875. The molecule has 0 heterocycles. The van der Waals surface area contributed by atoms with E-state index in [-0.39, 0.29) is 22.9 Å². The Bertz CT molecular complexity index is 1900. The van der Waals surface area contributed by atoms with E-state index in [1.807, 2.05) is 60.7 Å². The number of nitrogens with one attached hydrogen (secondary N) is 4. The number of anilines is 2. The maximum absolute atomic E-state index is 12.8. The number of rotatable bonds is 14. The molecule has 10 nitrogen and oxygen atoms in total. The highest BCUT2D eigenvalue weighted by molar-refractivity contribution is 7.89. The fraction of sp³-hybridized carbons (Fsp3) is 0.111. The maximum atomic E-state index is 12.8. The second kappa shape index (κ2) is 15.6. The van der Waals surface area contributed by atoms with Gasteiger partial charge in [-0.2, -0.15) is 0 Å². The molecule has 0 atom stereocenters. The molecule has 0 unspecified atom stereocenters. The standard InChI is InChI=1S/C36H34N4O6S2/c41-35(39-31-15-19-33(20-16-31)47(43,44)37-25-23-27-7-3-1-4-8-27)29-11-13-30(14-12-29)36(42)40-32-17-21-34(22-18-32)48(45,46)38-26-24-28-9-5-2-6-10-28/h1-22,37-38H,23-26H2,(H,39,41)(H,40,42). The predicted molar refractivity (Wildman–Crippen MR) is 186 cm³/mol.